The maximum Gasteiger partial charge on any atom is 0.348 e. The van der Waals surface area contributed by atoms with Gasteiger partial charge in [-0.1, -0.05) is 5.57 Å². The molecule has 82 valence electrons. The summed E-state index contributed by atoms with van der Waals surface area (Å²) in [4.78, 5) is 23.3. The maximum atomic E-state index is 11.6. The van der Waals surface area contributed by atoms with Crippen molar-refractivity contribution in [1.29, 1.82) is 0 Å². The molecule has 2 aliphatic rings. The predicted molar refractivity (Wildman–Crippen MR) is 51.8 cm³/mol. The smallest absolute Gasteiger partial charge is 0.348 e. The van der Waals surface area contributed by atoms with Crippen LogP contribution in [0.25, 0.3) is 0 Å². The lowest BCUT2D eigenvalue weighted by Gasteiger charge is -2.33. The van der Waals surface area contributed by atoms with E-state index in [-0.39, 0.29) is 5.57 Å². The van der Waals surface area contributed by atoms with Crippen molar-refractivity contribution in [1.82, 2.24) is 0 Å². The fourth-order valence-electron chi connectivity index (χ4n) is 2.07. The number of ether oxygens (including phenoxy) is 2. The summed E-state index contributed by atoms with van der Waals surface area (Å²) in [6.45, 7) is 3.40. The van der Waals surface area contributed by atoms with E-state index < -0.39 is 17.7 Å². The molecule has 4 nitrogen and oxygen atoms in total. The molecule has 0 aromatic heterocycles. The van der Waals surface area contributed by atoms with Gasteiger partial charge in [0.25, 0.3) is 5.79 Å². The van der Waals surface area contributed by atoms with E-state index >= 15 is 0 Å². The van der Waals surface area contributed by atoms with Crippen molar-refractivity contribution < 1.29 is 19.1 Å². The number of carbonyl (C=O) groups is 2. The van der Waals surface area contributed by atoms with Crippen molar-refractivity contribution in [3.8, 4) is 0 Å². The molecular weight excluding hydrogens is 196 g/mol. The van der Waals surface area contributed by atoms with Gasteiger partial charge < -0.3 is 9.47 Å². The number of hydrogen-bond acceptors (Lipinski definition) is 4. The second-order valence-electron chi connectivity index (χ2n) is 4.27. The van der Waals surface area contributed by atoms with Gasteiger partial charge in [0.1, 0.15) is 5.57 Å². The van der Waals surface area contributed by atoms with Gasteiger partial charge in [-0.05, 0) is 26.7 Å². The third-order valence-electron chi connectivity index (χ3n) is 2.83. The first-order valence-electron chi connectivity index (χ1n) is 5.18. The summed E-state index contributed by atoms with van der Waals surface area (Å²) in [6, 6.07) is 0. The molecule has 0 aromatic carbocycles. The molecule has 1 aliphatic carbocycles. The highest BCUT2D eigenvalue weighted by Gasteiger charge is 2.48. The Bertz CT molecular complexity index is 322. The lowest BCUT2D eigenvalue weighted by molar-refractivity contribution is -0.232. The zero-order valence-electron chi connectivity index (χ0n) is 8.96. The minimum absolute atomic E-state index is 0.0486. The first-order chi connectivity index (χ1) is 7.04. The van der Waals surface area contributed by atoms with Crippen LogP contribution in [0, 0.1) is 0 Å². The summed E-state index contributed by atoms with van der Waals surface area (Å²) in [7, 11) is 0. The van der Waals surface area contributed by atoms with Gasteiger partial charge in [-0.2, -0.15) is 0 Å². The predicted octanol–water partition coefficient (Wildman–Crippen LogP) is 1.69. The van der Waals surface area contributed by atoms with E-state index in [2.05, 4.69) is 0 Å². The highest BCUT2D eigenvalue weighted by atomic mass is 16.7. The van der Waals surface area contributed by atoms with Crippen LogP contribution in [0.2, 0.25) is 0 Å². The third kappa shape index (κ3) is 1.64. The van der Waals surface area contributed by atoms with Gasteiger partial charge in [0.2, 0.25) is 0 Å². The molecule has 1 spiro atoms. The van der Waals surface area contributed by atoms with Crippen LogP contribution >= 0.6 is 0 Å². The molecule has 2 rings (SSSR count). The van der Waals surface area contributed by atoms with Gasteiger partial charge >= 0.3 is 11.9 Å². The standard InChI is InChI=1S/C11H14O4/c1-7(2)8-9(12)14-11(15-10(8)13)5-3-4-6-11/h3-6H2,1-2H3. The van der Waals surface area contributed by atoms with Crippen molar-refractivity contribution in [3.63, 3.8) is 0 Å². The number of rotatable bonds is 0. The largest absolute Gasteiger partial charge is 0.419 e. The Balaban J connectivity index is 2.28. The first kappa shape index (κ1) is 10.2. The van der Waals surface area contributed by atoms with Crippen molar-refractivity contribution in [2.45, 2.75) is 45.3 Å². The first-order valence-corrected chi connectivity index (χ1v) is 5.18. The van der Waals surface area contributed by atoms with Crippen LogP contribution in [-0.4, -0.2) is 17.7 Å². The lowest BCUT2D eigenvalue weighted by Crippen LogP contribution is -2.44. The van der Waals surface area contributed by atoms with E-state index in [9.17, 15) is 9.59 Å². The molecule has 0 atom stereocenters. The van der Waals surface area contributed by atoms with Gasteiger partial charge in [-0.15, -0.1) is 0 Å². The van der Waals surface area contributed by atoms with Crippen molar-refractivity contribution in [2.75, 3.05) is 0 Å². The summed E-state index contributed by atoms with van der Waals surface area (Å²) in [5.74, 6) is -2.02. The molecule has 1 saturated heterocycles. The Morgan fingerprint density at radius 2 is 1.53 bits per heavy atom. The normalized spacial score (nSPS) is 24.0. The van der Waals surface area contributed by atoms with Crippen LogP contribution in [0.5, 0.6) is 0 Å². The van der Waals surface area contributed by atoms with Crippen LogP contribution in [0.15, 0.2) is 11.1 Å². The van der Waals surface area contributed by atoms with Gasteiger partial charge in [-0.3, -0.25) is 0 Å². The number of hydrogen-bond donors (Lipinski definition) is 0. The molecule has 0 amide bonds. The van der Waals surface area contributed by atoms with E-state index in [0.29, 0.717) is 18.4 Å². The molecule has 2 fully saturated rings. The Kier molecular flexibility index (Phi) is 2.29. The molecule has 15 heavy (non-hydrogen) atoms. The molecule has 0 N–H and O–H groups in total. The fourth-order valence-corrected chi connectivity index (χ4v) is 2.07. The van der Waals surface area contributed by atoms with Gasteiger partial charge in [-0.25, -0.2) is 9.59 Å². The molecule has 1 heterocycles. The van der Waals surface area contributed by atoms with Crippen molar-refractivity contribution in [3.05, 3.63) is 11.1 Å². The average Bonchev–Trinajstić information content (AvgIpc) is 2.50. The maximum absolute atomic E-state index is 11.6. The molecule has 0 radical (unpaired) electrons. The topological polar surface area (TPSA) is 52.6 Å². The molecule has 0 aromatic rings. The lowest BCUT2D eigenvalue weighted by atomic mass is 10.1. The molecular formula is C11H14O4. The van der Waals surface area contributed by atoms with E-state index in [1.807, 2.05) is 0 Å². The Morgan fingerprint density at radius 3 is 1.93 bits per heavy atom. The molecule has 1 saturated carbocycles. The zero-order chi connectivity index (χ0) is 11.1. The monoisotopic (exact) mass is 210 g/mol. The average molecular weight is 210 g/mol. The highest BCUT2D eigenvalue weighted by molar-refractivity contribution is 6.15. The highest BCUT2D eigenvalue weighted by Crippen LogP contribution is 2.38. The minimum Gasteiger partial charge on any atom is -0.419 e. The Hall–Kier alpha value is -1.32. The van der Waals surface area contributed by atoms with Crippen LogP contribution in [0.4, 0.5) is 0 Å². The van der Waals surface area contributed by atoms with E-state index in [1.54, 1.807) is 13.8 Å². The molecule has 0 unspecified atom stereocenters. The van der Waals surface area contributed by atoms with Crippen molar-refractivity contribution in [2.24, 2.45) is 0 Å². The Labute approximate surface area is 88.2 Å². The van der Waals surface area contributed by atoms with Crippen molar-refractivity contribution >= 4 is 11.9 Å². The quantitative estimate of drug-likeness (QED) is 0.347. The van der Waals surface area contributed by atoms with Crippen LogP contribution in [0.1, 0.15) is 39.5 Å². The van der Waals surface area contributed by atoms with E-state index in [4.69, 9.17) is 9.47 Å². The van der Waals surface area contributed by atoms with Crippen LogP contribution in [0.3, 0.4) is 0 Å². The fraction of sp³-hybridized carbons (Fsp3) is 0.636. The zero-order valence-corrected chi connectivity index (χ0v) is 8.96. The third-order valence-corrected chi connectivity index (χ3v) is 2.83. The summed E-state index contributed by atoms with van der Waals surface area (Å²) in [6.07, 6.45) is 3.12. The Morgan fingerprint density at radius 1 is 1.07 bits per heavy atom. The van der Waals surface area contributed by atoms with Crippen LogP contribution in [-0.2, 0) is 19.1 Å². The summed E-state index contributed by atoms with van der Waals surface area (Å²) >= 11 is 0. The number of esters is 2. The number of allylic oxidation sites excluding steroid dienone is 1. The van der Waals surface area contributed by atoms with Gasteiger partial charge in [0.15, 0.2) is 0 Å². The molecule has 1 aliphatic heterocycles. The van der Waals surface area contributed by atoms with E-state index in [0.717, 1.165) is 12.8 Å². The molecule has 4 heteroatoms. The molecule has 0 bridgehead atoms. The summed E-state index contributed by atoms with van der Waals surface area (Å²) in [5.41, 5.74) is 0.686. The van der Waals surface area contributed by atoms with Gasteiger partial charge in [0, 0.05) is 12.8 Å². The number of carbonyl (C=O) groups excluding carboxylic acids is 2. The van der Waals surface area contributed by atoms with Gasteiger partial charge in [0.05, 0.1) is 0 Å². The minimum atomic E-state index is -0.951. The summed E-state index contributed by atoms with van der Waals surface area (Å²) in [5, 5.41) is 0. The van der Waals surface area contributed by atoms with Crippen LogP contribution < -0.4 is 0 Å². The van der Waals surface area contributed by atoms with E-state index in [1.165, 1.54) is 0 Å². The SMILES string of the molecule is CC(C)=C1C(=O)OC2(CCCC2)OC1=O. The summed E-state index contributed by atoms with van der Waals surface area (Å²) < 4.78 is 10.5. The second-order valence-corrected chi connectivity index (χ2v) is 4.27. The second kappa shape index (κ2) is 3.36.